The zero-order chi connectivity index (χ0) is 18.4. The molecule has 0 spiro atoms. The Morgan fingerprint density at radius 1 is 0.963 bits per heavy atom. The molecule has 0 bridgehead atoms. The van der Waals surface area contributed by atoms with Crippen molar-refractivity contribution >= 4 is 27.2 Å². The van der Waals surface area contributed by atoms with Gasteiger partial charge in [-0.15, -0.1) is 11.3 Å². The van der Waals surface area contributed by atoms with Crippen molar-refractivity contribution in [3.8, 4) is 11.1 Å². The average Bonchev–Trinajstić information content (AvgIpc) is 3.29. The second-order valence-corrected chi connectivity index (χ2v) is 7.25. The summed E-state index contributed by atoms with van der Waals surface area (Å²) in [5.74, 6) is -0.780. The van der Waals surface area contributed by atoms with Crippen molar-refractivity contribution in [1.29, 1.82) is 0 Å². The van der Waals surface area contributed by atoms with Crippen LogP contribution in [0.3, 0.4) is 0 Å². The van der Waals surface area contributed by atoms with E-state index in [1.54, 1.807) is 40.3 Å². The molecule has 6 heteroatoms. The van der Waals surface area contributed by atoms with Crippen LogP contribution in [0.25, 0.3) is 27.0 Å². The van der Waals surface area contributed by atoms with Crippen LogP contribution in [0.1, 0.15) is 11.3 Å². The van der Waals surface area contributed by atoms with Crippen molar-refractivity contribution in [3.63, 3.8) is 0 Å². The molecule has 3 aromatic heterocycles. The molecule has 27 heavy (non-hydrogen) atoms. The molecule has 5 rings (SSSR count). The van der Waals surface area contributed by atoms with Gasteiger partial charge in [-0.05, 0) is 41.5 Å². The maximum absolute atomic E-state index is 14.6. The largest absolute Gasteiger partial charge is 0.301 e. The maximum atomic E-state index is 14.6. The van der Waals surface area contributed by atoms with E-state index in [1.165, 1.54) is 18.2 Å². The first kappa shape index (κ1) is 16.1. The first-order valence-electron chi connectivity index (χ1n) is 8.41. The van der Waals surface area contributed by atoms with Crippen molar-refractivity contribution in [3.05, 3.63) is 89.3 Å². The molecule has 3 nitrogen and oxygen atoms in total. The first-order valence-corrected chi connectivity index (χ1v) is 9.29. The molecule has 0 unspecified atom stereocenters. The molecule has 0 radical (unpaired) electrons. The van der Waals surface area contributed by atoms with Crippen LogP contribution in [0.5, 0.6) is 0 Å². The number of benzene rings is 2. The number of aromatic nitrogens is 3. The zero-order valence-electron chi connectivity index (χ0n) is 14.1. The quantitative estimate of drug-likeness (QED) is 0.417. The monoisotopic (exact) mass is 377 g/mol. The Balaban J connectivity index is 1.60. The van der Waals surface area contributed by atoms with Crippen LogP contribution < -0.4 is 0 Å². The predicted molar refractivity (Wildman–Crippen MR) is 103 cm³/mol. The molecule has 0 atom stereocenters. The van der Waals surface area contributed by atoms with E-state index < -0.39 is 5.82 Å². The Kier molecular flexibility index (Phi) is 3.72. The Hall–Kier alpha value is -3.12. The fourth-order valence-electron chi connectivity index (χ4n) is 3.27. The number of hydrogen-bond donors (Lipinski definition) is 0. The Bertz CT molecular complexity index is 1290. The first-order chi connectivity index (χ1) is 13.2. The minimum absolute atomic E-state index is 0.268. The number of hydrogen-bond acceptors (Lipinski definition) is 3. The average molecular weight is 377 g/mol. The molecule has 5 aromatic rings. The normalized spacial score (nSPS) is 11.5. The molecule has 2 aromatic carbocycles. The summed E-state index contributed by atoms with van der Waals surface area (Å²) >= 11 is 1.59. The summed E-state index contributed by atoms with van der Waals surface area (Å²) < 4.78 is 31.0. The number of imidazole rings is 1. The minimum Gasteiger partial charge on any atom is -0.301 e. The van der Waals surface area contributed by atoms with Crippen LogP contribution in [-0.4, -0.2) is 14.4 Å². The second-order valence-electron chi connectivity index (χ2n) is 6.36. The van der Waals surface area contributed by atoms with Crippen LogP contribution in [0.4, 0.5) is 8.78 Å². The highest BCUT2D eigenvalue weighted by Gasteiger charge is 2.12. The molecule has 3 heterocycles. The third-order valence-electron chi connectivity index (χ3n) is 4.58. The van der Waals surface area contributed by atoms with Crippen LogP contribution >= 0.6 is 11.3 Å². The van der Waals surface area contributed by atoms with Gasteiger partial charge in [0, 0.05) is 30.1 Å². The zero-order valence-corrected chi connectivity index (χ0v) is 14.9. The number of nitrogens with zero attached hydrogens (tertiary/aromatic N) is 3. The summed E-state index contributed by atoms with van der Waals surface area (Å²) in [5, 5.41) is 0. The summed E-state index contributed by atoms with van der Waals surface area (Å²) in [7, 11) is 0. The Morgan fingerprint density at radius 2 is 1.89 bits per heavy atom. The van der Waals surface area contributed by atoms with Crippen molar-refractivity contribution in [2.24, 2.45) is 0 Å². The number of halogens is 2. The molecular formula is C21H13F2N3S. The number of pyridine rings is 1. The van der Waals surface area contributed by atoms with E-state index in [1.807, 2.05) is 17.6 Å². The molecule has 0 aliphatic heterocycles. The van der Waals surface area contributed by atoms with Gasteiger partial charge >= 0.3 is 0 Å². The predicted octanol–water partition coefficient (Wildman–Crippen LogP) is 5.48. The number of thiazole rings is 1. The maximum Gasteiger partial charge on any atom is 0.173 e. The van der Waals surface area contributed by atoms with Crippen LogP contribution in [0.2, 0.25) is 0 Å². The fraction of sp³-hybridized carbons (Fsp3) is 0.0476. The topological polar surface area (TPSA) is 30.2 Å². The lowest BCUT2D eigenvalue weighted by atomic mass is 10.1. The van der Waals surface area contributed by atoms with Crippen LogP contribution in [-0.2, 0) is 6.42 Å². The third kappa shape index (κ3) is 2.88. The highest BCUT2D eigenvalue weighted by atomic mass is 32.1. The summed E-state index contributed by atoms with van der Waals surface area (Å²) in [6, 6.07) is 13.6. The SMILES string of the molecule is Fc1cccc(-c2cc(F)c3ncc(Cc4ccc5ncsc5c4)n3c2)c1. The number of rotatable bonds is 3. The lowest BCUT2D eigenvalue weighted by Gasteiger charge is -2.07. The van der Waals surface area contributed by atoms with Crippen LogP contribution in [0, 0.1) is 11.6 Å². The highest BCUT2D eigenvalue weighted by Crippen LogP contribution is 2.25. The van der Waals surface area contributed by atoms with E-state index in [2.05, 4.69) is 16.0 Å². The molecule has 132 valence electrons. The van der Waals surface area contributed by atoms with E-state index >= 15 is 0 Å². The molecule has 0 N–H and O–H groups in total. The van der Waals surface area contributed by atoms with E-state index in [9.17, 15) is 8.78 Å². The molecule has 0 saturated heterocycles. The van der Waals surface area contributed by atoms with Crippen molar-refractivity contribution in [2.45, 2.75) is 6.42 Å². The summed E-state index contributed by atoms with van der Waals surface area (Å²) in [5.41, 5.74) is 6.27. The van der Waals surface area contributed by atoms with Gasteiger partial charge in [-0.3, -0.25) is 0 Å². The van der Waals surface area contributed by atoms with Gasteiger partial charge in [-0.2, -0.15) is 0 Å². The lowest BCUT2D eigenvalue weighted by Crippen LogP contribution is -1.97. The number of fused-ring (bicyclic) bond motifs is 2. The van der Waals surface area contributed by atoms with Gasteiger partial charge in [0.15, 0.2) is 11.5 Å². The second kappa shape index (κ2) is 6.25. The van der Waals surface area contributed by atoms with Gasteiger partial charge in [0.25, 0.3) is 0 Å². The van der Waals surface area contributed by atoms with E-state index in [-0.39, 0.29) is 11.5 Å². The van der Waals surface area contributed by atoms with Gasteiger partial charge in [0.05, 0.1) is 15.7 Å². The van der Waals surface area contributed by atoms with Crippen molar-refractivity contribution in [2.75, 3.05) is 0 Å². The lowest BCUT2D eigenvalue weighted by molar-refractivity contribution is 0.626. The van der Waals surface area contributed by atoms with Gasteiger partial charge in [0.2, 0.25) is 0 Å². The van der Waals surface area contributed by atoms with E-state index in [4.69, 9.17) is 0 Å². The van der Waals surface area contributed by atoms with Crippen molar-refractivity contribution < 1.29 is 8.78 Å². The van der Waals surface area contributed by atoms with Crippen molar-refractivity contribution in [1.82, 2.24) is 14.4 Å². The van der Waals surface area contributed by atoms with E-state index in [0.29, 0.717) is 17.5 Å². The molecule has 0 amide bonds. The fourth-order valence-corrected chi connectivity index (χ4v) is 4.01. The molecular weight excluding hydrogens is 364 g/mol. The highest BCUT2D eigenvalue weighted by molar-refractivity contribution is 7.16. The third-order valence-corrected chi connectivity index (χ3v) is 5.37. The minimum atomic E-state index is -0.430. The van der Waals surface area contributed by atoms with Gasteiger partial charge < -0.3 is 4.40 Å². The summed E-state index contributed by atoms with van der Waals surface area (Å²) in [4.78, 5) is 8.51. The molecule has 0 saturated carbocycles. The Morgan fingerprint density at radius 3 is 2.78 bits per heavy atom. The molecule has 0 aliphatic carbocycles. The van der Waals surface area contributed by atoms with Gasteiger partial charge in [-0.1, -0.05) is 18.2 Å². The molecule has 0 fully saturated rings. The standard InChI is InChI=1S/C21H13F2N3S/c22-16-3-1-2-14(8-16)15-9-18(23)21-24-10-17(26(21)11-15)6-13-4-5-19-20(7-13)27-12-25-19/h1-5,7-12H,6H2. The van der Waals surface area contributed by atoms with Crippen LogP contribution in [0.15, 0.2) is 66.4 Å². The summed E-state index contributed by atoms with van der Waals surface area (Å²) in [6.07, 6.45) is 4.10. The van der Waals surface area contributed by atoms with Gasteiger partial charge in [0.1, 0.15) is 5.82 Å². The molecule has 0 aliphatic rings. The smallest absolute Gasteiger partial charge is 0.173 e. The Labute approximate surface area is 157 Å². The van der Waals surface area contributed by atoms with E-state index in [0.717, 1.165) is 21.5 Å². The summed E-state index contributed by atoms with van der Waals surface area (Å²) in [6.45, 7) is 0. The van der Waals surface area contributed by atoms with Gasteiger partial charge in [-0.25, -0.2) is 18.7 Å².